The molecule has 1 aromatic heterocycles. The average Bonchev–Trinajstić information content (AvgIpc) is 2.84. The molecular formula is C10H7ClN4O. The van der Waals surface area contributed by atoms with Crippen LogP contribution in [-0.4, -0.2) is 28.2 Å². The van der Waals surface area contributed by atoms with Crippen molar-refractivity contribution in [1.29, 1.82) is 0 Å². The summed E-state index contributed by atoms with van der Waals surface area (Å²) in [6.07, 6.45) is 3.21. The predicted octanol–water partition coefficient (Wildman–Crippen LogP) is 1.98. The highest BCUT2D eigenvalue weighted by Crippen LogP contribution is 2.14. The van der Waals surface area contributed by atoms with Crippen LogP contribution in [0.4, 0.5) is 4.79 Å². The molecule has 0 saturated carbocycles. The summed E-state index contributed by atoms with van der Waals surface area (Å²) in [6, 6.07) is 5.25. The summed E-state index contributed by atoms with van der Waals surface area (Å²) in [4.78, 5) is 18.2. The van der Waals surface area contributed by atoms with Gasteiger partial charge in [0.2, 0.25) is 0 Å². The van der Waals surface area contributed by atoms with Crippen molar-refractivity contribution in [2.45, 2.75) is 0 Å². The maximum atomic E-state index is 10.8. The lowest BCUT2D eigenvalue weighted by molar-refractivity contribution is 0.257. The number of nitrogens with one attached hydrogen (secondary N) is 1. The number of carbonyl (C=O) groups is 1. The number of aromatic nitrogens is 2. The van der Waals surface area contributed by atoms with Gasteiger partial charge in [0.05, 0.1) is 23.6 Å². The van der Waals surface area contributed by atoms with E-state index in [-0.39, 0.29) is 12.4 Å². The van der Waals surface area contributed by atoms with Crippen molar-refractivity contribution in [3.05, 3.63) is 30.0 Å². The van der Waals surface area contributed by atoms with Crippen LogP contribution in [0.15, 0.2) is 34.4 Å². The van der Waals surface area contributed by atoms with Crippen LogP contribution in [0.5, 0.6) is 0 Å². The molecule has 0 fully saturated rings. The van der Waals surface area contributed by atoms with Crippen LogP contribution in [0.3, 0.4) is 0 Å². The lowest BCUT2D eigenvalue weighted by Crippen LogP contribution is -1.98. The first-order valence-corrected chi connectivity index (χ1v) is 4.43. The van der Waals surface area contributed by atoms with Gasteiger partial charge in [-0.05, 0) is 12.1 Å². The fourth-order valence-electron chi connectivity index (χ4n) is 1.52. The lowest BCUT2D eigenvalue weighted by atomic mass is 10.1. The van der Waals surface area contributed by atoms with Crippen LogP contribution < -0.4 is 0 Å². The Kier molecular flexibility index (Phi) is 2.54. The Labute approximate surface area is 96.7 Å². The van der Waals surface area contributed by atoms with E-state index < -0.39 is 6.03 Å². The molecule has 0 radical (unpaired) electrons. The number of aliphatic imine (C=N–C) groups is 2. The van der Waals surface area contributed by atoms with E-state index in [0.29, 0.717) is 5.71 Å². The molecule has 0 saturated heterocycles. The van der Waals surface area contributed by atoms with Crippen LogP contribution in [0.2, 0.25) is 0 Å². The largest absolute Gasteiger partial charge is 0.367 e. The van der Waals surface area contributed by atoms with Crippen molar-refractivity contribution < 1.29 is 4.79 Å². The van der Waals surface area contributed by atoms with E-state index in [4.69, 9.17) is 0 Å². The van der Waals surface area contributed by atoms with Crippen LogP contribution in [0.1, 0.15) is 5.56 Å². The SMILES string of the molecule is Cl.O=C1N=CC(c2ccc3[nH]ncc3c2)=N1. The van der Waals surface area contributed by atoms with Crippen molar-refractivity contribution in [3.63, 3.8) is 0 Å². The molecule has 80 valence electrons. The zero-order valence-electron chi connectivity index (χ0n) is 8.04. The lowest BCUT2D eigenvalue weighted by Gasteiger charge is -1.96. The van der Waals surface area contributed by atoms with E-state index in [9.17, 15) is 4.79 Å². The molecule has 2 amide bonds. The highest BCUT2D eigenvalue weighted by molar-refractivity contribution is 6.44. The van der Waals surface area contributed by atoms with Gasteiger partial charge in [-0.15, -0.1) is 12.4 Å². The summed E-state index contributed by atoms with van der Waals surface area (Å²) in [7, 11) is 0. The van der Waals surface area contributed by atoms with Gasteiger partial charge in [-0.2, -0.15) is 15.1 Å². The molecule has 0 atom stereocenters. The molecule has 1 aliphatic rings. The Bertz CT molecular complexity index is 614. The molecule has 2 heterocycles. The Morgan fingerprint density at radius 3 is 2.88 bits per heavy atom. The number of hydrogen-bond donors (Lipinski definition) is 1. The highest BCUT2D eigenvalue weighted by atomic mass is 35.5. The highest BCUT2D eigenvalue weighted by Gasteiger charge is 2.10. The van der Waals surface area contributed by atoms with Gasteiger partial charge in [-0.3, -0.25) is 5.10 Å². The summed E-state index contributed by atoms with van der Waals surface area (Å²) in [5, 5.41) is 7.76. The summed E-state index contributed by atoms with van der Waals surface area (Å²) >= 11 is 0. The summed E-state index contributed by atoms with van der Waals surface area (Å²) < 4.78 is 0. The molecule has 0 unspecified atom stereocenters. The van der Waals surface area contributed by atoms with Gasteiger partial charge in [0.1, 0.15) is 0 Å². The molecular weight excluding hydrogens is 228 g/mol. The van der Waals surface area contributed by atoms with Gasteiger partial charge in [0.15, 0.2) is 0 Å². The average molecular weight is 235 g/mol. The summed E-state index contributed by atoms with van der Waals surface area (Å²) in [5.74, 6) is 0. The van der Waals surface area contributed by atoms with Gasteiger partial charge in [0, 0.05) is 10.9 Å². The Morgan fingerprint density at radius 2 is 2.12 bits per heavy atom. The number of H-pyrrole nitrogens is 1. The number of amides is 2. The van der Waals surface area contributed by atoms with E-state index in [2.05, 4.69) is 20.2 Å². The zero-order valence-corrected chi connectivity index (χ0v) is 8.86. The van der Waals surface area contributed by atoms with Crippen LogP contribution in [-0.2, 0) is 0 Å². The summed E-state index contributed by atoms with van der Waals surface area (Å²) in [6.45, 7) is 0. The van der Waals surface area contributed by atoms with Crippen LogP contribution in [0.25, 0.3) is 10.9 Å². The molecule has 0 aliphatic carbocycles. The minimum Gasteiger partial charge on any atom is -0.278 e. The number of hydrogen-bond acceptors (Lipinski definition) is 2. The van der Waals surface area contributed by atoms with Crippen molar-refractivity contribution in [2.24, 2.45) is 9.98 Å². The molecule has 5 nitrogen and oxygen atoms in total. The molecule has 1 aromatic carbocycles. The number of nitrogens with zero attached hydrogens (tertiary/aromatic N) is 3. The molecule has 16 heavy (non-hydrogen) atoms. The fourth-order valence-corrected chi connectivity index (χ4v) is 1.52. The Balaban J connectivity index is 0.000000963. The quantitative estimate of drug-likeness (QED) is 0.820. The third-order valence-corrected chi connectivity index (χ3v) is 2.25. The second-order valence-electron chi connectivity index (χ2n) is 3.21. The Hall–Kier alpha value is -2.01. The second kappa shape index (κ2) is 3.86. The van der Waals surface area contributed by atoms with E-state index >= 15 is 0 Å². The van der Waals surface area contributed by atoms with Gasteiger partial charge in [-0.1, -0.05) is 6.07 Å². The van der Waals surface area contributed by atoms with Gasteiger partial charge in [0.25, 0.3) is 0 Å². The van der Waals surface area contributed by atoms with Crippen LogP contribution >= 0.6 is 12.4 Å². The minimum absolute atomic E-state index is 0. The van der Waals surface area contributed by atoms with Gasteiger partial charge in [-0.25, -0.2) is 4.79 Å². The van der Waals surface area contributed by atoms with Crippen molar-refractivity contribution in [1.82, 2.24) is 10.2 Å². The first kappa shape index (κ1) is 10.5. The minimum atomic E-state index is -0.447. The molecule has 3 rings (SSSR count). The fraction of sp³-hybridized carbons (Fsp3) is 0. The normalized spacial score (nSPS) is 14.0. The van der Waals surface area contributed by atoms with E-state index in [1.54, 1.807) is 6.20 Å². The third-order valence-electron chi connectivity index (χ3n) is 2.25. The van der Waals surface area contributed by atoms with Gasteiger partial charge >= 0.3 is 6.03 Å². The van der Waals surface area contributed by atoms with Crippen LogP contribution in [0, 0.1) is 0 Å². The first-order chi connectivity index (χ1) is 7.33. The number of benzene rings is 1. The third kappa shape index (κ3) is 1.61. The van der Waals surface area contributed by atoms with E-state index in [1.165, 1.54) is 6.21 Å². The van der Waals surface area contributed by atoms with E-state index in [1.807, 2.05) is 18.2 Å². The smallest absolute Gasteiger partial charge is 0.278 e. The van der Waals surface area contributed by atoms with E-state index in [0.717, 1.165) is 16.5 Å². The Morgan fingerprint density at radius 1 is 1.25 bits per heavy atom. The predicted molar refractivity (Wildman–Crippen MR) is 63.8 cm³/mol. The molecule has 1 N–H and O–H groups in total. The molecule has 1 aliphatic heterocycles. The standard InChI is InChI=1S/C10H6N4O.ClH/c15-10-11-5-9(13-10)6-1-2-8-7(3-6)4-12-14-8;/h1-5H,(H,12,14);1H. The monoisotopic (exact) mass is 234 g/mol. The van der Waals surface area contributed by atoms with Crippen molar-refractivity contribution >= 4 is 41.3 Å². The van der Waals surface area contributed by atoms with Crippen molar-refractivity contribution in [2.75, 3.05) is 0 Å². The first-order valence-electron chi connectivity index (χ1n) is 4.43. The molecule has 2 aromatic rings. The topological polar surface area (TPSA) is 70.5 Å². The molecule has 0 spiro atoms. The number of urea groups is 1. The number of carbonyl (C=O) groups excluding carboxylic acids is 1. The maximum Gasteiger partial charge on any atom is 0.367 e. The van der Waals surface area contributed by atoms with Gasteiger partial charge < -0.3 is 0 Å². The molecule has 6 heteroatoms. The second-order valence-corrected chi connectivity index (χ2v) is 3.21. The zero-order chi connectivity index (χ0) is 10.3. The number of aromatic amines is 1. The number of rotatable bonds is 1. The number of fused-ring (bicyclic) bond motifs is 1. The number of halogens is 1. The summed E-state index contributed by atoms with van der Waals surface area (Å²) in [5.41, 5.74) is 2.43. The molecule has 0 bridgehead atoms. The maximum absolute atomic E-state index is 10.8. The van der Waals surface area contributed by atoms with Crippen molar-refractivity contribution in [3.8, 4) is 0 Å².